The van der Waals surface area contributed by atoms with Crippen LogP contribution in [0.5, 0.6) is 0 Å². The second kappa shape index (κ2) is 9.52. The number of hydrogen-bond acceptors (Lipinski definition) is 4. The minimum atomic E-state index is -0.635. The van der Waals surface area contributed by atoms with Gasteiger partial charge in [-0.25, -0.2) is 4.39 Å². The van der Waals surface area contributed by atoms with Gasteiger partial charge in [-0.2, -0.15) is 0 Å². The quantitative estimate of drug-likeness (QED) is 0.701. The van der Waals surface area contributed by atoms with Crippen LogP contribution in [0.1, 0.15) is 17.5 Å². The average Bonchev–Trinajstić information content (AvgIpc) is 3.08. The molecular weight excluding hydrogens is 399 g/mol. The summed E-state index contributed by atoms with van der Waals surface area (Å²) in [5, 5.41) is 3.05. The fraction of sp³-hybridized carbons (Fsp3) is 0.286. The molecule has 0 bridgehead atoms. The summed E-state index contributed by atoms with van der Waals surface area (Å²) in [5.41, 5.74) is 1.13. The Morgan fingerprint density at radius 3 is 2.55 bits per heavy atom. The highest BCUT2D eigenvalue weighted by atomic mass is 35.5. The first-order valence-electron chi connectivity index (χ1n) is 9.12. The number of rotatable bonds is 7. The van der Waals surface area contributed by atoms with Crippen molar-refractivity contribution in [3.8, 4) is 0 Å². The van der Waals surface area contributed by atoms with E-state index in [0.29, 0.717) is 17.1 Å². The number of nitrogens with zero attached hydrogens (tertiary/aromatic N) is 1. The van der Waals surface area contributed by atoms with E-state index in [1.807, 2.05) is 12.1 Å². The van der Waals surface area contributed by atoms with Crippen molar-refractivity contribution in [2.24, 2.45) is 5.92 Å². The molecule has 0 aromatic heterocycles. The predicted octanol–water partition coefficient (Wildman–Crippen LogP) is 2.69. The lowest BCUT2D eigenvalue weighted by atomic mass is 10.1. The average molecular weight is 419 g/mol. The first kappa shape index (κ1) is 20.8. The van der Waals surface area contributed by atoms with E-state index in [2.05, 4.69) is 5.32 Å². The summed E-state index contributed by atoms with van der Waals surface area (Å²) in [5.74, 6) is -2.38. The number of nitrogens with one attached hydrogen (secondary N) is 1. The van der Waals surface area contributed by atoms with Crippen LogP contribution in [0, 0.1) is 11.7 Å². The molecule has 0 saturated carbocycles. The maximum absolute atomic E-state index is 13.5. The third kappa shape index (κ3) is 5.54. The highest BCUT2D eigenvalue weighted by molar-refractivity contribution is 6.31. The van der Waals surface area contributed by atoms with Gasteiger partial charge >= 0.3 is 5.97 Å². The van der Waals surface area contributed by atoms with Crippen molar-refractivity contribution in [1.82, 2.24) is 10.2 Å². The molecule has 0 aliphatic carbocycles. The monoisotopic (exact) mass is 418 g/mol. The van der Waals surface area contributed by atoms with Crippen LogP contribution in [0.3, 0.4) is 0 Å². The number of benzene rings is 2. The summed E-state index contributed by atoms with van der Waals surface area (Å²) in [4.78, 5) is 37.8. The molecule has 1 aliphatic heterocycles. The highest BCUT2D eigenvalue weighted by Gasteiger charge is 2.35. The van der Waals surface area contributed by atoms with Crippen LogP contribution in [0.15, 0.2) is 48.5 Å². The number of esters is 1. The van der Waals surface area contributed by atoms with Gasteiger partial charge in [0.05, 0.1) is 5.92 Å². The Labute approximate surface area is 172 Å². The van der Waals surface area contributed by atoms with E-state index in [9.17, 15) is 18.8 Å². The van der Waals surface area contributed by atoms with Gasteiger partial charge in [0, 0.05) is 36.6 Å². The molecule has 1 fully saturated rings. The van der Waals surface area contributed by atoms with Gasteiger partial charge in [-0.15, -0.1) is 0 Å². The third-order valence-corrected chi connectivity index (χ3v) is 5.01. The second-order valence-electron chi connectivity index (χ2n) is 6.74. The predicted molar refractivity (Wildman–Crippen MR) is 104 cm³/mol. The molecule has 2 aromatic rings. The molecule has 152 valence electrons. The Morgan fingerprint density at radius 1 is 1.14 bits per heavy atom. The van der Waals surface area contributed by atoms with Gasteiger partial charge in [-0.05, 0) is 17.7 Å². The Balaban J connectivity index is 1.45. The third-order valence-electron chi connectivity index (χ3n) is 4.65. The van der Waals surface area contributed by atoms with Crippen molar-refractivity contribution >= 4 is 29.4 Å². The maximum Gasteiger partial charge on any atom is 0.311 e. The smallest absolute Gasteiger partial charge is 0.311 e. The highest BCUT2D eigenvalue weighted by Crippen LogP contribution is 2.24. The molecule has 1 heterocycles. The van der Waals surface area contributed by atoms with Gasteiger partial charge < -0.3 is 15.0 Å². The molecule has 0 radical (unpaired) electrons. The van der Waals surface area contributed by atoms with Crippen LogP contribution in [0.4, 0.5) is 4.39 Å². The normalized spacial score (nSPS) is 16.0. The lowest BCUT2D eigenvalue weighted by molar-refractivity contribution is -0.152. The molecule has 8 heteroatoms. The molecule has 1 N–H and O–H groups in total. The Hall–Kier alpha value is -2.93. The minimum absolute atomic E-state index is 0.00339. The van der Waals surface area contributed by atoms with Crippen molar-refractivity contribution in [3.05, 3.63) is 70.5 Å². The summed E-state index contributed by atoms with van der Waals surface area (Å²) in [6.07, 6.45) is 0.0279. The van der Waals surface area contributed by atoms with Crippen molar-refractivity contribution in [2.45, 2.75) is 19.5 Å². The molecule has 0 spiro atoms. The van der Waals surface area contributed by atoms with Crippen LogP contribution in [0.25, 0.3) is 0 Å². The zero-order valence-electron chi connectivity index (χ0n) is 15.6. The Kier molecular flexibility index (Phi) is 6.82. The van der Waals surface area contributed by atoms with Gasteiger partial charge in [0.1, 0.15) is 5.82 Å². The lowest BCUT2D eigenvalue weighted by Crippen LogP contribution is -2.31. The van der Waals surface area contributed by atoms with Crippen LogP contribution in [0.2, 0.25) is 5.02 Å². The van der Waals surface area contributed by atoms with E-state index in [1.54, 1.807) is 35.2 Å². The zero-order valence-corrected chi connectivity index (χ0v) is 16.3. The molecule has 1 saturated heterocycles. The van der Waals surface area contributed by atoms with E-state index < -0.39 is 30.2 Å². The van der Waals surface area contributed by atoms with Crippen molar-refractivity contribution in [2.75, 3.05) is 13.2 Å². The van der Waals surface area contributed by atoms with E-state index in [1.165, 1.54) is 6.07 Å². The van der Waals surface area contributed by atoms with E-state index in [-0.39, 0.29) is 25.4 Å². The number of hydrogen-bond donors (Lipinski definition) is 1. The Morgan fingerprint density at radius 2 is 1.83 bits per heavy atom. The largest absolute Gasteiger partial charge is 0.455 e. The Bertz CT molecular complexity index is 921. The van der Waals surface area contributed by atoms with Crippen molar-refractivity contribution in [3.63, 3.8) is 0 Å². The maximum atomic E-state index is 13.5. The number of likely N-dealkylation sites (tertiary alicyclic amines) is 1. The molecule has 6 nitrogen and oxygen atoms in total. The summed E-state index contributed by atoms with van der Waals surface area (Å²) in [6, 6.07) is 13.3. The standard InChI is InChI=1S/C21H20ClFN2O4/c22-17-7-3-1-6-15(17)11-25-12-16(9-20(25)27)21(28)29-13-19(26)24-10-14-5-2-4-8-18(14)23/h1-8,16H,9-13H2,(H,24,26)/t16-/m1/s1. The molecule has 1 atom stereocenters. The van der Waals surface area contributed by atoms with E-state index >= 15 is 0 Å². The van der Waals surface area contributed by atoms with Gasteiger partial charge in [0.2, 0.25) is 5.91 Å². The van der Waals surface area contributed by atoms with Crippen LogP contribution >= 0.6 is 11.6 Å². The van der Waals surface area contributed by atoms with Crippen LogP contribution < -0.4 is 5.32 Å². The van der Waals surface area contributed by atoms with E-state index in [4.69, 9.17) is 16.3 Å². The minimum Gasteiger partial charge on any atom is -0.455 e. The van der Waals surface area contributed by atoms with Crippen molar-refractivity contribution in [1.29, 1.82) is 0 Å². The zero-order chi connectivity index (χ0) is 20.8. The SMILES string of the molecule is O=C(COC(=O)[C@@H]1CC(=O)N(Cc2ccccc2Cl)C1)NCc1ccccc1F. The lowest BCUT2D eigenvalue weighted by Gasteiger charge is -2.17. The first-order valence-corrected chi connectivity index (χ1v) is 9.49. The number of carbonyl (C=O) groups is 3. The molecule has 29 heavy (non-hydrogen) atoms. The van der Waals surface area contributed by atoms with Crippen molar-refractivity contribution < 1.29 is 23.5 Å². The number of carbonyl (C=O) groups excluding carboxylic acids is 3. The second-order valence-corrected chi connectivity index (χ2v) is 7.15. The van der Waals surface area contributed by atoms with Crippen LogP contribution in [-0.4, -0.2) is 35.8 Å². The molecular formula is C21H20ClFN2O4. The summed E-state index contributed by atoms with van der Waals surface area (Å²) in [6.45, 7) is 0.0320. The fourth-order valence-corrected chi connectivity index (χ4v) is 3.25. The molecule has 2 amide bonds. The van der Waals surface area contributed by atoms with Gasteiger partial charge in [0.25, 0.3) is 5.91 Å². The number of halogens is 2. The number of ether oxygens (including phenoxy) is 1. The molecule has 1 aliphatic rings. The topological polar surface area (TPSA) is 75.7 Å². The van der Waals surface area contributed by atoms with E-state index in [0.717, 1.165) is 5.56 Å². The summed E-state index contributed by atoms with van der Waals surface area (Å²) < 4.78 is 18.6. The first-order chi connectivity index (χ1) is 13.9. The summed E-state index contributed by atoms with van der Waals surface area (Å²) in [7, 11) is 0. The van der Waals surface area contributed by atoms with Gasteiger partial charge in [0.15, 0.2) is 6.61 Å². The molecule has 3 rings (SSSR count). The fourth-order valence-electron chi connectivity index (χ4n) is 3.06. The summed E-state index contributed by atoms with van der Waals surface area (Å²) >= 11 is 6.12. The van der Waals surface area contributed by atoms with Gasteiger partial charge in [-0.3, -0.25) is 14.4 Å². The van der Waals surface area contributed by atoms with Crippen LogP contribution in [-0.2, 0) is 32.2 Å². The van der Waals surface area contributed by atoms with Gasteiger partial charge in [-0.1, -0.05) is 48.0 Å². The molecule has 0 unspecified atom stereocenters. The number of amides is 2. The molecule has 2 aromatic carbocycles.